The van der Waals surface area contributed by atoms with Gasteiger partial charge in [-0.25, -0.2) is 0 Å². The number of hydrogen-bond acceptors (Lipinski definition) is 5. The quantitative estimate of drug-likeness (QED) is 0.427. The van der Waals surface area contributed by atoms with Crippen LogP contribution in [0.4, 0.5) is 0 Å². The highest BCUT2D eigenvalue weighted by molar-refractivity contribution is 5.91. The van der Waals surface area contributed by atoms with Crippen molar-refractivity contribution in [3.8, 4) is 0 Å². The molecule has 23 heavy (non-hydrogen) atoms. The highest BCUT2D eigenvalue weighted by Gasteiger charge is 2.44. The molecule has 1 heterocycles. The number of epoxide rings is 1. The van der Waals surface area contributed by atoms with Crippen LogP contribution < -0.4 is 0 Å². The Hall–Kier alpha value is -1.10. The Morgan fingerprint density at radius 3 is 2.17 bits per heavy atom. The van der Waals surface area contributed by atoms with Crippen molar-refractivity contribution in [1.82, 2.24) is 0 Å². The van der Waals surface area contributed by atoms with Gasteiger partial charge >= 0.3 is 11.9 Å². The van der Waals surface area contributed by atoms with Gasteiger partial charge in [0, 0.05) is 0 Å². The van der Waals surface area contributed by atoms with E-state index in [4.69, 9.17) is 14.2 Å². The van der Waals surface area contributed by atoms with Crippen molar-refractivity contribution in [2.24, 2.45) is 23.7 Å². The third-order valence-corrected chi connectivity index (χ3v) is 6.01. The van der Waals surface area contributed by atoms with Gasteiger partial charge in [0.1, 0.15) is 6.42 Å². The van der Waals surface area contributed by atoms with E-state index in [0.717, 1.165) is 37.5 Å². The molecule has 0 N–H and O–H groups in total. The molecule has 0 radical (unpaired) electrons. The second kappa shape index (κ2) is 6.42. The van der Waals surface area contributed by atoms with E-state index in [2.05, 4.69) is 0 Å². The normalized spacial score (nSPS) is 40.5. The number of fused-ring (bicyclic) bond motifs is 2. The monoisotopic (exact) mass is 322 g/mol. The average molecular weight is 322 g/mol. The summed E-state index contributed by atoms with van der Waals surface area (Å²) < 4.78 is 16.0. The average Bonchev–Trinajstić information content (AvgIpc) is 3.43. The van der Waals surface area contributed by atoms with Crippen molar-refractivity contribution in [2.75, 3.05) is 13.2 Å². The summed E-state index contributed by atoms with van der Waals surface area (Å²) in [6.45, 7) is 0.878. The number of carbonyl (C=O) groups is 2. The van der Waals surface area contributed by atoms with E-state index in [1.54, 1.807) is 0 Å². The Labute approximate surface area is 137 Å². The molecule has 4 aliphatic rings. The summed E-state index contributed by atoms with van der Waals surface area (Å²) in [6.07, 6.45) is 8.67. The minimum Gasteiger partial charge on any atom is -0.465 e. The van der Waals surface area contributed by atoms with Crippen LogP contribution in [-0.4, -0.2) is 37.4 Å². The number of carbonyl (C=O) groups excluding carboxylic acids is 2. The Bertz CT molecular complexity index is 434. The SMILES string of the molecule is O=C(CC(=O)OCC1CCC2OC2C1)OCC1CCC2CC2C1. The molecule has 4 rings (SSSR count). The molecular weight excluding hydrogens is 296 g/mol. The lowest BCUT2D eigenvalue weighted by Gasteiger charge is -2.21. The van der Waals surface area contributed by atoms with Crippen LogP contribution in [0.3, 0.4) is 0 Å². The minimum atomic E-state index is -0.459. The van der Waals surface area contributed by atoms with Crippen molar-refractivity contribution < 1.29 is 23.8 Å². The molecule has 0 aromatic rings. The van der Waals surface area contributed by atoms with Crippen LogP contribution in [0.2, 0.25) is 0 Å². The fourth-order valence-electron chi connectivity index (χ4n) is 4.38. The van der Waals surface area contributed by atoms with Gasteiger partial charge < -0.3 is 14.2 Å². The third kappa shape index (κ3) is 4.06. The summed E-state index contributed by atoms with van der Waals surface area (Å²) in [5.74, 6) is 1.80. The molecule has 0 amide bonds. The molecule has 128 valence electrons. The fourth-order valence-corrected chi connectivity index (χ4v) is 4.38. The molecule has 5 heteroatoms. The lowest BCUT2D eigenvalue weighted by atomic mass is 9.90. The fraction of sp³-hybridized carbons (Fsp3) is 0.889. The van der Waals surface area contributed by atoms with Gasteiger partial charge in [-0.1, -0.05) is 0 Å². The smallest absolute Gasteiger partial charge is 0.317 e. The summed E-state index contributed by atoms with van der Waals surface area (Å²) in [5, 5.41) is 0. The van der Waals surface area contributed by atoms with Crippen LogP contribution in [0, 0.1) is 23.7 Å². The Kier molecular flexibility index (Phi) is 4.31. The molecule has 1 saturated heterocycles. The van der Waals surface area contributed by atoms with Crippen LogP contribution >= 0.6 is 0 Å². The molecule has 3 saturated carbocycles. The van der Waals surface area contributed by atoms with Crippen LogP contribution in [0.5, 0.6) is 0 Å². The van der Waals surface area contributed by atoms with E-state index in [9.17, 15) is 9.59 Å². The number of esters is 2. The van der Waals surface area contributed by atoms with Gasteiger partial charge in [-0.3, -0.25) is 9.59 Å². The van der Waals surface area contributed by atoms with E-state index >= 15 is 0 Å². The Balaban J connectivity index is 1.09. The minimum absolute atomic E-state index is 0.256. The van der Waals surface area contributed by atoms with Crippen molar-refractivity contribution in [3.63, 3.8) is 0 Å². The maximum atomic E-state index is 11.8. The highest BCUT2D eigenvalue weighted by atomic mass is 16.6. The first-order valence-electron chi connectivity index (χ1n) is 9.14. The number of hydrogen-bond donors (Lipinski definition) is 0. The molecule has 5 nitrogen and oxygen atoms in total. The molecule has 6 atom stereocenters. The van der Waals surface area contributed by atoms with E-state index < -0.39 is 11.9 Å². The zero-order valence-corrected chi connectivity index (χ0v) is 13.6. The topological polar surface area (TPSA) is 65.1 Å². The van der Waals surface area contributed by atoms with Gasteiger partial charge in [0.2, 0.25) is 0 Å². The van der Waals surface area contributed by atoms with Crippen molar-refractivity contribution in [2.45, 2.75) is 63.6 Å². The van der Waals surface area contributed by atoms with E-state index in [1.165, 1.54) is 19.3 Å². The molecule has 4 fully saturated rings. The van der Waals surface area contributed by atoms with Crippen molar-refractivity contribution >= 4 is 11.9 Å². The predicted molar refractivity (Wildman–Crippen MR) is 81.5 cm³/mol. The Morgan fingerprint density at radius 1 is 0.783 bits per heavy atom. The van der Waals surface area contributed by atoms with Gasteiger partial charge in [0.15, 0.2) is 0 Å². The zero-order valence-electron chi connectivity index (χ0n) is 13.6. The maximum Gasteiger partial charge on any atom is 0.317 e. The molecular formula is C18H26O5. The van der Waals surface area contributed by atoms with Crippen LogP contribution in [0.25, 0.3) is 0 Å². The summed E-state index contributed by atoms with van der Waals surface area (Å²) in [4.78, 5) is 23.5. The van der Waals surface area contributed by atoms with Gasteiger partial charge in [-0.15, -0.1) is 0 Å². The first kappa shape index (κ1) is 15.4. The van der Waals surface area contributed by atoms with Crippen LogP contribution in [0.1, 0.15) is 51.4 Å². The van der Waals surface area contributed by atoms with Crippen molar-refractivity contribution in [3.05, 3.63) is 0 Å². The first-order valence-corrected chi connectivity index (χ1v) is 9.14. The van der Waals surface area contributed by atoms with Crippen LogP contribution in [-0.2, 0) is 23.8 Å². The molecule has 1 aliphatic heterocycles. The summed E-state index contributed by atoms with van der Waals surface area (Å²) in [7, 11) is 0. The standard InChI is InChI=1S/C18H26O5/c19-17(21-9-11-1-3-13-7-14(13)5-11)8-18(20)22-10-12-2-4-15-16(6-12)23-15/h11-16H,1-10H2. The maximum absolute atomic E-state index is 11.8. The number of rotatable bonds is 6. The van der Waals surface area contributed by atoms with Gasteiger partial charge in [-0.2, -0.15) is 0 Å². The summed E-state index contributed by atoms with van der Waals surface area (Å²) in [5.41, 5.74) is 0. The lowest BCUT2D eigenvalue weighted by Crippen LogP contribution is -2.23. The molecule has 0 bridgehead atoms. The molecule has 0 aromatic carbocycles. The first-order chi connectivity index (χ1) is 11.2. The summed E-state index contributed by atoms with van der Waals surface area (Å²) >= 11 is 0. The van der Waals surface area contributed by atoms with Crippen LogP contribution in [0.15, 0.2) is 0 Å². The number of ether oxygens (including phenoxy) is 3. The highest BCUT2D eigenvalue weighted by Crippen LogP contribution is 2.51. The second-order valence-corrected chi connectivity index (χ2v) is 7.87. The second-order valence-electron chi connectivity index (χ2n) is 7.87. The summed E-state index contributed by atoms with van der Waals surface area (Å²) in [6, 6.07) is 0. The molecule has 6 unspecified atom stereocenters. The van der Waals surface area contributed by atoms with Gasteiger partial charge in [-0.05, 0) is 68.6 Å². The zero-order chi connectivity index (χ0) is 15.8. The van der Waals surface area contributed by atoms with Crippen molar-refractivity contribution in [1.29, 1.82) is 0 Å². The Morgan fingerprint density at radius 2 is 1.48 bits per heavy atom. The van der Waals surface area contributed by atoms with Gasteiger partial charge in [0.05, 0.1) is 25.4 Å². The molecule has 0 aromatic heterocycles. The lowest BCUT2D eigenvalue weighted by molar-refractivity contribution is -0.156. The van der Waals surface area contributed by atoms with Gasteiger partial charge in [0.25, 0.3) is 0 Å². The van der Waals surface area contributed by atoms with E-state index in [0.29, 0.717) is 37.3 Å². The predicted octanol–water partition coefficient (Wildman–Crippen LogP) is 2.47. The largest absolute Gasteiger partial charge is 0.465 e. The van der Waals surface area contributed by atoms with E-state index in [-0.39, 0.29) is 6.42 Å². The molecule has 0 spiro atoms. The molecule has 3 aliphatic carbocycles. The van der Waals surface area contributed by atoms with E-state index in [1.807, 2.05) is 0 Å². The third-order valence-electron chi connectivity index (χ3n) is 6.01.